The van der Waals surface area contributed by atoms with Crippen LogP contribution in [0.3, 0.4) is 0 Å². The minimum atomic E-state index is -0.887. The van der Waals surface area contributed by atoms with E-state index in [9.17, 15) is 0 Å². The first-order valence-corrected chi connectivity index (χ1v) is 13.5. The lowest BCUT2D eigenvalue weighted by Crippen LogP contribution is -2.20. The molecule has 0 spiro atoms. The van der Waals surface area contributed by atoms with E-state index in [1.807, 2.05) is 0 Å². The lowest BCUT2D eigenvalue weighted by atomic mass is 10.0. The average Bonchev–Trinajstić information content (AvgIpc) is 2.42. The Morgan fingerprint density at radius 2 is 0.857 bits per heavy atom. The van der Waals surface area contributed by atoms with E-state index in [0.717, 1.165) is 0 Å². The van der Waals surface area contributed by atoms with Crippen molar-refractivity contribution < 1.29 is 0 Å². The Balaban J connectivity index is 3.00. The van der Waals surface area contributed by atoms with Crippen LogP contribution in [0.1, 0.15) is 103 Å². The fraction of sp³-hybridized carbons (Fsp3) is 0.950. The second-order valence-electron chi connectivity index (χ2n) is 7.96. The highest BCUT2D eigenvalue weighted by Gasteiger charge is 2.11. The quantitative estimate of drug-likeness (QED) is 0.200. The van der Waals surface area contributed by atoms with Crippen LogP contribution in [0.15, 0.2) is 0 Å². The Morgan fingerprint density at radius 1 is 0.524 bits per heavy atom. The topological polar surface area (TPSA) is 0 Å². The number of hydrogen-bond acceptors (Lipinski definition) is 0. The third-order valence-corrected chi connectivity index (χ3v) is 5.83. The van der Waals surface area contributed by atoms with Gasteiger partial charge in [0.1, 0.15) is 0 Å². The summed E-state index contributed by atoms with van der Waals surface area (Å²) in [6.07, 6.45) is 21.8. The van der Waals surface area contributed by atoms with Crippen LogP contribution in [-0.4, -0.2) is 8.07 Å². The van der Waals surface area contributed by atoms with Crippen molar-refractivity contribution in [2.24, 2.45) is 0 Å². The van der Waals surface area contributed by atoms with Crippen LogP contribution in [0, 0.1) is 6.04 Å². The molecule has 0 aromatic carbocycles. The first-order chi connectivity index (χ1) is 10.1. The zero-order valence-corrected chi connectivity index (χ0v) is 16.7. The standard InChI is InChI=1S/C20H43Si/c1-5-6-7-8-9-10-11-12-13-14-15-16-17-18-19-20-21(2,3)4/h20H,5-19H2,1-4H3. The summed E-state index contributed by atoms with van der Waals surface area (Å²) in [6, 6.07) is 2.62. The molecule has 0 heterocycles. The molecule has 0 atom stereocenters. The van der Waals surface area contributed by atoms with Gasteiger partial charge in [-0.3, -0.25) is 0 Å². The molecule has 0 saturated heterocycles. The van der Waals surface area contributed by atoms with E-state index in [-0.39, 0.29) is 0 Å². The highest BCUT2D eigenvalue weighted by Crippen LogP contribution is 2.15. The molecular formula is C20H43Si. The summed E-state index contributed by atoms with van der Waals surface area (Å²) in [4.78, 5) is 0. The molecule has 0 aliphatic heterocycles. The summed E-state index contributed by atoms with van der Waals surface area (Å²) >= 11 is 0. The molecule has 0 N–H and O–H groups in total. The molecule has 0 bridgehead atoms. The van der Waals surface area contributed by atoms with Crippen molar-refractivity contribution in [1.29, 1.82) is 0 Å². The summed E-state index contributed by atoms with van der Waals surface area (Å²) < 4.78 is 0. The van der Waals surface area contributed by atoms with Gasteiger partial charge in [0.25, 0.3) is 0 Å². The van der Waals surface area contributed by atoms with Crippen molar-refractivity contribution in [3.63, 3.8) is 0 Å². The smallest absolute Gasteiger partial charge is 0.0473 e. The molecule has 0 aromatic rings. The minimum absolute atomic E-state index is 0.887. The van der Waals surface area contributed by atoms with E-state index in [1.54, 1.807) is 0 Å². The van der Waals surface area contributed by atoms with Gasteiger partial charge in [0.15, 0.2) is 0 Å². The van der Waals surface area contributed by atoms with Gasteiger partial charge in [0.2, 0.25) is 0 Å². The van der Waals surface area contributed by atoms with Gasteiger partial charge in [-0.2, -0.15) is 0 Å². The molecule has 0 aliphatic carbocycles. The third-order valence-electron chi connectivity index (χ3n) is 4.31. The molecule has 0 nitrogen and oxygen atoms in total. The molecule has 0 amide bonds. The molecule has 1 heteroatoms. The maximum atomic E-state index is 2.62. The maximum absolute atomic E-state index is 2.62. The maximum Gasteiger partial charge on any atom is 0.0473 e. The largest absolute Gasteiger partial charge is 0.0693 e. The molecule has 0 unspecified atom stereocenters. The van der Waals surface area contributed by atoms with Gasteiger partial charge in [-0.25, -0.2) is 0 Å². The van der Waals surface area contributed by atoms with E-state index in [4.69, 9.17) is 0 Å². The average molecular weight is 312 g/mol. The summed E-state index contributed by atoms with van der Waals surface area (Å²) in [5, 5.41) is 0. The minimum Gasteiger partial charge on any atom is -0.0693 e. The van der Waals surface area contributed by atoms with Gasteiger partial charge in [0, 0.05) is 8.07 Å². The third kappa shape index (κ3) is 20.2. The predicted octanol–water partition coefficient (Wildman–Crippen LogP) is 7.94. The fourth-order valence-electron chi connectivity index (χ4n) is 2.87. The summed E-state index contributed by atoms with van der Waals surface area (Å²) in [5.74, 6) is 0. The Morgan fingerprint density at radius 3 is 1.19 bits per heavy atom. The van der Waals surface area contributed by atoms with Crippen LogP contribution in [0.5, 0.6) is 0 Å². The monoisotopic (exact) mass is 311 g/mol. The van der Waals surface area contributed by atoms with Crippen LogP contribution in [0.25, 0.3) is 0 Å². The van der Waals surface area contributed by atoms with E-state index >= 15 is 0 Å². The van der Waals surface area contributed by atoms with E-state index in [0.29, 0.717) is 0 Å². The molecule has 0 aromatic heterocycles. The first-order valence-electron chi connectivity index (χ1n) is 9.90. The first kappa shape index (κ1) is 21.2. The van der Waals surface area contributed by atoms with Crippen molar-refractivity contribution in [3.05, 3.63) is 6.04 Å². The summed E-state index contributed by atoms with van der Waals surface area (Å²) in [6.45, 7) is 9.62. The van der Waals surface area contributed by atoms with Crippen LogP contribution < -0.4 is 0 Å². The van der Waals surface area contributed by atoms with Crippen molar-refractivity contribution in [3.8, 4) is 0 Å². The Kier molecular flexibility index (Phi) is 15.3. The molecule has 0 aliphatic rings. The SMILES string of the molecule is CCCCCCCCCCCCCCCC[CH][Si](C)(C)C. The predicted molar refractivity (Wildman–Crippen MR) is 103 cm³/mol. The second kappa shape index (κ2) is 15.1. The van der Waals surface area contributed by atoms with Crippen molar-refractivity contribution in [2.45, 2.75) is 123 Å². The van der Waals surface area contributed by atoms with Crippen molar-refractivity contribution in [1.82, 2.24) is 0 Å². The van der Waals surface area contributed by atoms with Gasteiger partial charge >= 0.3 is 0 Å². The zero-order valence-electron chi connectivity index (χ0n) is 15.7. The van der Waals surface area contributed by atoms with Crippen LogP contribution in [-0.2, 0) is 0 Å². The molecule has 0 fully saturated rings. The van der Waals surface area contributed by atoms with Gasteiger partial charge in [-0.05, 0) is 6.04 Å². The summed E-state index contributed by atoms with van der Waals surface area (Å²) in [7, 11) is -0.887. The van der Waals surface area contributed by atoms with Gasteiger partial charge in [-0.15, -0.1) is 0 Å². The Hall–Kier alpha value is 0.217. The number of unbranched alkanes of at least 4 members (excludes halogenated alkanes) is 14. The number of hydrogen-bond donors (Lipinski definition) is 0. The summed E-state index contributed by atoms with van der Waals surface area (Å²) in [5.41, 5.74) is 0. The van der Waals surface area contributed by atoms with Crippen molar-refractivity contribution in [2.75, 3.05) is 0 Å². The molecule has 127 valence electrons. The van der Waals surface area contributed by atoms with E-state index in [1.165, 1.54) is 96.3 Å². The van der Waals surface area contributed by atoms with Crippen LogP contribution >= 0.6 is 0 Å². The van der Waals surface area contributed by atoms with E-state index in [2.05, 4.69) is 32.6 Å². The zero-order chi connectivity index (χ0) is 15.8. The van der Waals surface area contributed by atoms with Gasteiger partial charge in [-0.1, -0.05) is 123 Å². The number of rotatable bonds is 16. The highest BCUT2D eigenvalue weighted by molar-refractivity contribution is 6.79. The van der Waals surface area contributed by atoms with E-state index < -0.39 is 8.07 Å². The van der Waals surface area contributed by atoms with Crippen molar-refractivity contribution >= 4 is 8.07 Å². The highest BCUT2D eigenvalue weighted by atomic mass is 28.3. The second-order valence-corrected chi connectivity index (χ2v) is 13.1. The van der Waals surface area contributed by atoms with Gasteiger partial charge < -0.3 is 0 Å². The molecule has 21 heavy (non-hydrogen) atoms. The fourth-order valence-corrected chi connectivity index (χ4v) is 3.94. The molecule has 0 saturated carbocycles. The Bertz CT molecular complexity index is 193. The lowest BCUT2D eigenvalue weighted by molar-refractivity contribution is 0.535. The Labute approximate surface area is 137 Å². The van der Waals surface area contributed by atoms with Crippen LogP contribution in [0.4, 0.5) is 0 Å². The van der Waals surface area contributed by atoms with Gasteiger partial charge in [0.05, 0.1) is 0 Å². The molecule has 0 rings (SSSR count). The van der Waals surface area contributed by atoms with Crippen LogP contribution in [0.2, 0.25) is 19.6 Å². The molecule has 1 radical (unpaired) electrons. The normalized spacial score (nSPS) is 12.0. The molecular weight excluding hydrogens is 268 g/mol. The lowest BCUT2D eigenvalue weighted by Gasteiger charge is -2.14.